The standard InChI is InChI=1S/C40H24O2/c1-2-10-25(11-3-1)26-12-8-13-27(24-26)37-28-14-4-6-16-30(28)38(31-17-7-5-15-29(31)37)33-18-9-19-35-40(33)39-32-22-23-41-34(32)20-21-36(39)42-35/h1-24H. The predicted molar refractivity (Wildman–Crippen MR) is 175 cm³/mol. The fourth-order valence-corrected chi connectivity index (χ4v) is 6.78. The van der Waals surface area contributed by atoms with Crippen LogP contribution < -0.4 is 0 Å². The van der Waals surface area contributed by atoms with Crippen LogP contribution in [0.1, 0.15) is 0 Å². The van der Waals surface area contributed by atoms with E-state index in [1.54, 1.807) is 6.26 Å². The van der Waals surface area contributed by atoms with E-state index in [0.717, 1.165) is 38.5 Å². The van der Waals surface area contributed by atoms with E-state index >= 15 is 0 Å². The highest BCUT2D eigenvalue weighted by molar-refractivity contribution is 6.28. The maximum absolute atomic E-state index is 6.42. The number of hydrogen-bond acceptors (Lipinski definition) is 2. The average Bonchev–Trinajstić information content (AvgIpc) is 3.69. The van der Waals surface area contributed by atoms with E-state index in [9.17, 15) is 0 Å². The first-order valence-electron chi connectivity index (χ1n) is 14.3. The van der Waals surface area contributed by atoms with Crippen molar-refractivity contribution in [3.63, 3.8) is 0 Å². The minimum Gasteiger partial charge on any atom is -0.464 e. The van der Waals surface area contributed by atoms with Crippen LogP contribution in [-0.2, 0) is 0 Å². The normalized spacial score (nSPS) is 11.8. The molecule has 0 atom stereocenters. The largest absolute Gasteiger partial charge is 0.464 e. The van der Waals surface area contributed by atoms with Gasteiger partial charge in [0.25, 0.3) is 0 Å². The van der Waals surface area contributed by atoms with Crippen LogP contribution in [0.5, 0.6) is 0 Å². The second-order valence-electron chi connectivity index (χ2n) is 10.8. The summed E-state index contributed by atoms with van der Waals surface area (Å²) < 4.78 is 12.2. The van der Waals surface area contributed by atoms with Crippen molar-refractivity contribution in [3.8, 4) is 33.4 Å². The predicted octanol–water partition coefficient (Wildman–Crippen LogP) is 11.6. The van der Waals surface area contributed by atoms with Crippen LogP contribution in [0, 0.1) is 0 Å². The van der Waals surface area contributed by atoms with Gasteiger partial charge in [0.2, 0.25) is 0 Å². The molecule has 2 heterocycles. The number of fused-ring (bicyclic) bond motifs is 7. The monoisotopic (exact) mass is 536 g/mol. The minimum absolute atomic E-state index is 0.864. The fourth-order valence-electron chi connectivity index (χ4n) is 6.78. The Hall–Kier alpha value is -5.60. The molecule has 0 fully saturated rings. The molecule has 0 saturated heterocycles. The quantitative estimate of drug-likeness (QED) is 0.210. The Morgan fingerprint density at radius 1 is 0.357 bits per heavy atom. The molecule has 0 radical (unpaired) electrons. The van der Waals surface area contributed by atoms with Gasteiger partial charge < -0.3 is 8.83 Å². The highest BCUT2D eigenvalue weighted by atomic mass is 16.3. The lowest BCUT2D eigenvalue weighted by Crippen LogP contribution is -1.91. The van der Waals surface area contributed by atoms with Crippen molar-refractivity contribution in [1.29, 1.82) is 0 Å². The number of rotatable bonds is 3. The van der Waals surface area contributed by atoms with Crippen molar-refractivity contribution in [3.05, 3.63) is 146 Å². The van der Waals surface area contributed by atoms with E-state index in [-0.39, 0.29) is 0 Å². The third-order valence-corrected chi connectivity index (χ3v) is 8.55. The van der Waals surface area contributed by atoms with Gasteiger partial charge in [0.05, 0.1) is 6.26 Å². The van der Waals surface area contributed by atoms with Gasteiger partial charge in [-0.3, -0.25) is 0 Å². The van der Waals surface area contributed by atoms with Gasteiger partial charge in [0, 0.05) is 16.2 Å². The topological polar surface area (TPSA) is 26.3 Å². The van der Waals surface area contributed by atoms with Crippen molar-refractivity contribution in [2.24, 2.45) is 0 Å². The van der Waals surface area contributed by atoms with Crippen LogP contribution in [0.4, 0.5) is 0 Å². The summed E-state index contributed by atoms with van der Waals surface area (Å²) in [6.07, 6.45) is 1.76. The smallest absolute Gasteiger partial charge is 0.136 e. The second kappa shape index (κ2) is 8.95. The first-order valence-corrected chi connectivity index (χ1v) is 14.3. The molecule has 0 bridgehead atoms. The van der Waals surface area contributed by atoms with Crippen molar-refractivity contribution in [2.45, 2.75) is 0 Å². The first-order chi connectivity index (χ1) is 20.8. The fraction of sp³-hybridized carbons (Fsp3) is 0. The molecule has 2 nitrogen and oxygen atoms in total. The van der Waals surface area contributed by atoms with E-state index in [0.29, 0.717) is 0 Å². The van der Waals surface area contributed by atoms with Gasteiger partial charge in [-0.25, -0.2) is 0 Å². The van der Waals surface area contributed by atoms with Gasteiger partial charge >= 0.3 is 0 Å². The van der Waals surface area contributed by atoms with E-state index in [4.69, 9.17) is 8.83 Å². The van der Waals surface area contributed by atoms with E-state index in [2.05, 4.69) is 121 Å². The zero-order chi connectivity index (χ0) is 27.6. The molecule has 0 unspecified atom stereocenters. The summed E-state index contributed by atoms with van der Waals surface area (Å²) in [5.74, 6) is 0. The molecule has 42 heavy (non-hydrogen) atoms. The highest BCUT2D eigenvalue weighted by Crippen LogP contribution is 2.48. The highest BCUT2D eigenvalue weighted by Gasteiger charge is 2.21. The zero-order valence-electron chi connectivity index (χ0n) is 22.7. The molecule has 2 aromatic heterocycles. The van der Waals surface area contributed by atoms with Crippen molar-refractivity contribution in [1.82, 2.24) is 0 Å². The molecule has 0 aliphatic carbocycles. The Morgan fingerprint density at radius 3 is 1.71 bits per heavy atom. The number of hydrogen-bond donors (Lipinski definition) is 0. The molecular formula is C40H24O2. The molecule has 2 heteroatoms. The lowest BCUT2D eigenvalue weighted by molar-refractivity contribution is 0.615. The molecule has 0 saturated carbocycles. The summed E-state index contributed by atoms with van der Waals surface area (Å²) in [6, 6.07) is 49.6. The Morgan fingerprint density at radius 2 is 0.952 bits per heavy atom. The first kappa shape index (κ1) is 23.1. The molecule has 196 valence electrons. The maximum Gasteiger partial charge on any atom is 0.136 e. The van der Waals surface area contributed by atoms with Gasteiger partial charge in [0.15, 0.2) is 0 Å². The molecule has 9 aromatic rings. The van der Waals surface area contributed by atoms with E-state index < -0.39 is 0 Å². The Labute approximate surface area is 242 Å². The van der Waals surface area contributed by atoms with Crippen LogP contribution in [-0.4, -0.2) is 0 Å². The van der Waals surface area contributed by atoms with Crippen molar-refractivity contribution < 1.29 is 8.83 Å². The van der Waals surface area contributed by atoms with Crippen LogP contribution >= 0.6 is 0 Å². The maximum atomic E-state index is 6.42. The summed E-state index contributed by atoms with van der Waals surface area (Å²) in [6.45, 7) is 0. The van der Waals surface area contributed by atoms with Gasteiger partial charge in [-0.15, -0.1) is 0 Å². The van der Waals surface area contributed by atoms with Crippen molar-refractivity contribution in [2.75, 3.05) is 0 Å². The Balaban J connectivity index is 1.41. The average molecular weight is 537 g/mol. The molecule has 0 aliphatic heterocycles. The Kier molecular flexibility index (Phi) is 4.93. The van der Waals surface area contributed by atoms with E-state index in [1.807, 2.05) is 18.2 Å². The SMILES string of the molecule is c1ccc(-c2cccc(-c3c4ccccc4c(-c4cccc5oc6ccc7occc7c6c45)c4ccccc34)c2)cc1. The summed E-state index contributed by atoms with van der Waals surface area (Å²) in [7, 11) is 0. The summed E-state index contributed by atoms with van der Waals surface area (Å²) >= 11 is 0. The van der Waals surface area contributed by atoms with Gasteiger partial charge in [-0.1, -0.05) is 109 Å². The third-order valence-electron chi connectivity index (χ3n) is 8.55. The summed E-state index contributed by atoms with van der Waals surface area (Å²) in [5.41, 5.74) is 9.89. The van der Waals surface area contributed by atoms with Crippen molar-refractivity contribution >= 4 is 54.5 Å². The molecule has 0 aliphatic rings. The van der Waals surface area contributed by atoms with Crippen LogP contribution in [0.15, 0.2) is 155 Å². The van der Waals surface area contributed by atoms with E-state index in [1.165, 1.54) is 49.4 Å². The van der Waals surface area contributed by atoms with Gasteiger partial charge in [0.1, 0.15) is 16.7 Å². The second-order valence-corrected chi connectivity index (χ2v) is 10.8. The molecule has 0 amide bonds. The molecule has 9 rings (SSSR count). The minimum atomic E-state index is 0.864. The molecule has 0 N–H and O–H groups in total. The summed E-state index contributed by atoms with van der Waals surface area (Å²) in [4.78, 5) is 0. The molecule has 7 aromatic carbocycles. The number of benzene rings is 7. The summed E-state index contributed by atoms with van der Waals surface area (Å²) in [5, 5.41) is 8.19. The lowest BCUT2D eigenvalue weighted by Gasteiger charge is -2.18. The van der Waals surface area contributed by atoms with Crippen LogP contribution in [0.2, 0.25) is 0 Å². The lowest BCUT2D eigenvalue weighted by atomic mass is 9.84. The van der Waals surface area contributed by atoms with Crippen LogP contribution in [0.3, 0.4) is 0 Å². The number of furan rings is 2. The van der Waals surface area contributed by atoms with Gasteiger partial charge in [-0.2, -0.15) is 0 Å². The molecular weight excluding hydrogens is 512 g/mol. The Bertz CT molecular complexity index is 2400. The zero-order valence-corrected chi connectivity index (χ0v) is 22.7. The molecule has 0 spiro atoms. The van der Waals surface area contributed by atoms with Gasteiger partial charge in [-0.05, 0) is 85.3 Å². The van der Waals surface area contributed by atoms with Crippen LogP contribution in [0.25, 0.3) is 87.8 Å². The third kappa shape index (κ3) is 3.33.